The summed E-state index contributed by atoms with van der Waals surface area (Å²) in [5.41, 5.74) is 15.6. The van der Waals surface area contributed by atoms with E-state index >= 15 is 0 Å². The number of phenolic OH excluding ortho intramolecular Hbond substituents is 1. The van der Waals surface area contributed by atoms with Crippen molar-refractivity contribution in [3.05, 3.63) is 175 Å². The fraction of sp³-hybridized carbons (Fsp3) is 0.0952. The van der Waals surface area contributed by atoms with Gasteiger partial charge in [0.15, 0.2) is 5.78 Å². The average molecular weight is 640 g/mol. The summed E-state index contributed by atoms with van der Waals surface area (Å²) < 4.78 is 0. The summed E-state index contributed by atoms with van der Waals surface area (Å²) in [5, 5.41) is 21.8. The molecule has 2 aliphatic rings. The number of nitrogens with one attached hydrogen (secondary N) is 4. The van der Waals surface area contributed by atoms with E-state index in [1.165, 1.54) is 0 Å². The van der Waals surface area contributed by atoms with Crippen LogP contribution in [0.1, 0.15) is 64.4 Å². The van der Waals surface area contributed by atoms with E-state index in [4.69, 9.17) is 0 Å². The van der Waals surface area contributed by atoms with Crippen LogP contribution >= 0.6 is 0 Å². The van der Waals surface area contributed by atoms with Gasteiger partial charge in [-0.05, 0) is 152 Å². The fourth-order valence-corrected chi connectivity index (χ4v) is 7.42. The predicted octanol–water partition coefficient (Wildman–Crippen LogP) is 6.95. The smallest absolute Gasteiger partial charge is 0.179 e. The van der Waals surface area contributed by atoms with Gasteiger partial charge >= 0.3 is 0 Å². The van der Waals surface area contributed by atoms with Gasteiger partial charge in [-0.1, -0.05) is 12.1 Å². The van der Waals surface area contributed by atoms with Crippen LogP contribution in [0.4, 0.5) is 0 Å². The highest BCUT2D eigenvalue weighted by Gasteiger charge is 2.24. The molecule has 1 aliphatic heterocycles. The Bertz CT molecular complexity index is 2570. The molecule has 0 spiro atoms. The third-order valence-corrected chi connectivity index (χ3v) is 9.48. The molecule has 238 valence electrons. The molecular formula is C42H33N5O2. The first-order valence-corrected chi connectivity index (χ1v) is 16.2. The van der Waals surface area contributed by atoms with Crippen LogP contribution < -0.4 is 10.7 Å². The Kier molecular flexibility index (Phi) is 6.90. The van der Waals surface area contributed by atoms with Crippen molar-refractivity contribution in [3.8, 4) is 23.2 Å². The normalized spacial score (nSPS) is 16.5. The van der Waals surface area contributed by atoms with Crippen LogP contribution in [0.3, 0.4) is 0 Å². The van der Waals surface area contributed by atoms with Crippen LogP contribution in [-0.2, 0) is 4.79 Å². The number of aromatic amines is 4. The number of nitriles is 1. The number of benzene rings is 2. The summed E-state index contributed by atoms with van der Waals surface area (Å²) in [5.74, 6) is 0.219. The number of nitrogens with zero attached hydrogens (tertiary/aromatic N) is 1. The number of hydrogen-bond acceptors (Lipinski definition) is 3. The topological polar surface area (TPSA) is 124 Å². The molecule has 5 heterocycles. The molecule has 4 aromatic heterocycles. The van der Waals surface area contributed by atoms with Crippen molar-refractivity contribution in [1.29, 1.82) is 5.26 Å². The van der Waals surface area contributed by atoms with Gasteiger partial charge in [0, 0.05) is 50.2 Å². The van der Waals surface area contributed by atoms with E-state index in [2.05, 4.69) is 74.5 Å². The molecule has 2 aromatic carbocycles. The van der Waals surface area contributed by atoms with Crippen molar-refractivity contribution in [1.82, 2.24) is 19.9 Å². The summed E-state index contributed by atoms with van der Waals surface area (Å²) in [6.45, 7) is 8.00. The standard InChI is InChI=1S/C42H33N5O2/c1-22-17-28(48)18-23(2)38(22)41-34-11-9-30(44-34)31-10-12-35(45-31)42(39-24(3)19-29(49)20-25(39)4)37-16-14-33(47-37)40(32-13-15-36(41)46-32)27-7-5-26(21-43)6-8-27/h5-20,44-48H,1-4H3/b40-32-,41-36+. The van der Waals surface area contributed by atoms with Gasteiger partial charge in [0.05, 0.1) is 23.0 Å². The number of fused-ring (bicyclic) bond motifs is 9. The highest BCUT2D eigenvalue weighted by Crippen LogP contribution is 2.38. The molecule has 49 heavy (non-hydrogen) atoms. The van der Waals surface area contributed by atoms with Crippen molar-refractivity contribution in [2.75, 3.05) is 0 Å². The molecule has 6 aromatic rings. The molecule has 5 N–H and O–H groups in total. The van der Waals surface area contributed by atoms with Gasteiger partial charge in [-0.15, -0.1) is 0 Å². The van der Waals surface area contributed by atoms with Crippen LogP contribution in [0.25, 0.3) is 28.1 Å². The van der Waals surface area contributed by atoms with E-state index in [0.717, 1.165) is 101 Å². The number of carbonyl (C=O) groups is 1. The van der Waals surface area contributed by atoms with Crippen LogP contribution in [-0.4, -0.2) is 30.8 Å². The average Bonchev–Trinajstić information content (AvgIpc) is 3.89. The lowest BCUT2D eigenvalue weighted by Crippen LogP contribution is -2.18. The molecule has 7 nitrogen and oxygen atoms in total. The lowest BCUT2D eigenvalue weighted by molar-refractivity contribution is -0.110. The summed E-state index contributed by atoms with van der Waals surface area (Å²) in [6.07, 6.45) is 3.38. The number of rotatable bonds is 2. The third kappa shape index (κ3) is 5.02. The third-order valence-electron chi connectivity index (χ3n) is 9.48. The largest absolute Gasteiger partial charge is 0.508 e. The van der Waals surface area contributed by atoms with Gasteiger partial charge in [-0.2, -0.15) is 5.26 Å². The Hall–Kier alpha value is -6.52. The minimum atomic E-state index is -0.0140. The van der Waals surface area contributed by atoms with Crippen molar-refractivity contribution in [3.63, 3.8) is 0 Å². The molecular weight excluding hydrogens is 606 g/mol. The van der Waals surface area contributed by atoms with Crippen LogP contribution in [0.2, 0.25) is 0 Å². The highest BCUT2D eigenvalue weighted by molar-refractivity contribution is 6.05. The van der Waals surface area contributed by atoms with Gasteiger partial charge in [0.1, 0.15) is 5.75 Å². The maximum atomic E-state index is 12.5. The summed E-state index contributed by atoms with van der Waals surface area (Å²) >= 11 is 0. The molecule has 8 bridgehead atoms. The Morgan fingerprint density at radius 3 is 1.57 bits per heavy atom. The summed E-state index contributed by atoms with van der Waals surface area (Å²) in [4.78, 5) is 27.4. The van der Waals surface area contributed by atoms with Gasteiger partial charge in [-0.25, -0.2) is 0 Å². The van der Waals surface area contributed by atoms with E-state index in [-0.39, 0.29) is 11.5 Å². The maximum absolute atomic E-state index is 12.5. The Morgan fingerprint density at radius 1 is 0.551 bits per heavy atom. The second-order valence-corrected chi connectivity index (χ2v) is 12.8. The number of aromatic hydroxyl groups is 1. The Morgan fingerprint density at radius 2 is 1.02 bits per heavy atom. The predicted molar refractivity (Wildman–Crippen MR) is 192 cm³/mol. The zero-order chi connectivity index (χ0) is 34.0. The molecule has 0 radical (unpaired) electrons. The van der Waals surface area contributed by atoms with Crippen molar-refractivity contribution in [2.24, 2.45) is 0 Å². The Balaban J connectivity index is 1.50. The number of hydrogen-bond donors (Lipinski definition) is 5. The van der Waals surface area contributed by atoms with Crippen LogP contribution in [0.15, 0.2) is 114 Å². The number of allylic oxidation sites excluding steroid dienone is 5. The first kappa shape index (κ1) is 29.9. The Labute approximate surface area is 283 Å². The zero-order valence-corrected chi connectivity index (χ0v) is 27.5. The van der Waals surface area contributed by atoms with Crippen LogP contribution in [0.5, 0.6) is 5.75 Å². The molecule has 1 aliphatic carbocycles. The molecule has 0 saturated heterocycles. The summed E-state index contributed by atoms with van der Waals surface area (Å²) in [6, 6.07) is 30.1. The molecule has 0 atom stereocenters. The van der Waals surface area contributed by atoms with E-state index in [0.29, 0.717) is 5.56 Å². The van der Waals surface area contributed by atoms with E-state index in [1.807, 2.05) is 52.0 Å². The van der Waals surface area contributed by atoms with Gasteiger partial charge in [0.2, 0.25) is 0 Å². The summed E-state index contributed by atoms with van der Waals surface area (Å²) in [7, 11) is 0. The monoisotopic (exact) mass is 639 g/mol. The highest BCUT2D eigenvalue weighted by atomic mass is 16.3. The van der Waals surface area contributed by atoms with Gasteiger partial charge in [0.25, 0.3) is 0 Å². The number of phenols is 1. The molecule has 0 amide bonds. The molecule has 0 unspecified atom stereocenters. The number of H-pyrrole nitrogens is 4. The molecule has 7 heteroatoms. The van der Waals surface area contributed by atoms with E-state index in [9.17, 15) is 15.2 Å². The second-order valence-electron chi connectivity index (χ2n) is 12.8. The van der Waals surface area contributed by atoms with Crippen molar-refractivity contribution >= 4 is 22.5 Å². The molecule has 8 rings (SSSR count). The minimum absolute atomic E-state index is 0.0140. The zero-order valence-electron chi connectivity index (χ0n) is 27.5. The lowest BCUT2D eigenvalue weighted by atomic mass is 9.87. The SMILES string of the molecule is CC1=CC(=O)C=C(C)C1=C1c2ccc([nH]2)/C(c2ccc(C#N)cc2)=c2/cc/c([nH]2)=C(\c2c(C)cc(O)cc2C)c2ccc([nH]2)-c2ccc1[nH]2. The number of aromatic nitrogens is 4. The minimum Gasteiger partial charge on any atom is -0.508 e. The van der Waals surface area contributed by atoms with Crippen molar-refractivity contribution < 1.29 is 9.90 Å². The van der Waals surface area contributed by atoms with E-state index in [1.54, 1.807) is 24.3 Å². The number of carbonyl (C=O) groups excluding carboxylic acids is 1. The van der Waals surface area contributed by atoms with E-state index < -0.39 is 0 Å². The first-order chi connectivity index (χ1) is 23.7. The second kappa shape index (κ2) is 11.3. The lowest BCUT2D eigenvalue weighted by Gasteiger charge is -2.18. The number of aryl methyl sites for hydroxylation is 2. The number of ketones is 1. The van der Waals surface area contributed by atoms with Crippen LogP contribution in [0, 0.1) is 25.2 Å². The first-order valence-electron chi connectivity index (χ1n) is 16.2. The molecule has 0 saturated carbocycles. The van der Waals surface area contributed by atoms with Gasteiger partial charge < -0.3 is 25.0 Å². The molecule has 0 fully saturated rings. The van der Waals surface area contributed by atoms with Gasteiger partial charge in [-0.3, -0.25) is 4.79 Å². The maximum Gasteiger partial charge on any atom is 0.179 e. The fourth-order valence-electron chi connectivity index (χ4n) is 7.42. The quantitative estimate of drug-likeness (QED) is 0.141. The van der Waals surface area contributed by atoms with Crippen molar-refractivity contribution in [2.45, 2.75) is 27.7 Å².